The average Bonchev–Trinajstić information content (AvgIpc) is 2.52. The number of carbonyl (C=O) groups excluding carboxylic acids is 1. The van der Waals surface area contributed by atoms with Gasteiger partial charge in [0.15, 0.2) is 0 Å². The van der Waals surface area contributed by atoms with Gasteiger partial charge >= 0.3 is 5.69 Å². The van der Waals surface area contributed by atoms with Crippen LogP contribution in [0.2, 0.25) is 0 Å². The monoisotopic (exact) mass is 304 g/mol. The van der Waals surface area contributed by atoms with Gasteiger partial charge in [-0.15, -0.1) is 0 Å². The number of benzene rings is 1. The molecule has 0 aliphatic heterocycles. The highest BCUT2D eigenvalue weighted by atomic mass is 19.1. The Kier molecular flexibility index (Phi) is 4.97. The van der Waals surface area contributed by atoms with Gasteiger partial charge in [0.1, 0.15) is 5.82 Å². The molecule has 8 heteroatoms. The minimum Gasteiger partial charge on any atom is -0.363 e. The Morgan fingerprint density at radius 3 is 2.73 bits per heavy atom. The Hall–Kier alpha value is -3.03. The predicted molar refractivity (Wildman–Crippen MR) is 78.1 cm³/mol. The molecule has 0 unspecified atom stereocenters. The molecular weight excluding hydrogens is 291 g/mol. The third-order valence-electron chi connectivity index (χ3n) is 2.80. The number of amides is 1. The molecule has 1 heterocycles. The first kappa shape index (κ1) is 15.4. The van der Waals surface area contributed by atoms with Gasteiger partial charge in [-0.3, -0.25) is 14.9 Å². The van der Waals surface area contributed by atoms with Gasteiger partial charge in [-0.05, 0) is 18.2 Å². The number of hydrogen-bond acceptors (Lipinski definition) is 5. The number of hydrogen-bond donors (Lipinski definition) is 2. The van der Waals surface area contributed by atoms with E-state index in [1.54, 1.807) is 6.07 Å². The molecule has 114 valence electrons. The van der Waals surface area contributed by atoms with Crippen LogP contribution in [0.4, 0.5) is 15.9 Å². The summed E-state index contributed by atoms with van der Waals surface area (Å²) in [6.45, 7) is 0.388. The van der Waals surface area contributed by atoms with E-state index in [1.165, 1.54) is 36.5 Å². The molecule has 0 aliphatic carbocycles. The largest absolute Gasteiger partial charge is 0.363 e. The van der Waals surface area contributed by atoms with Crippen LogP contribution in [0.3, 0.4) is 0 Å². The molecule has 2 N–H and O–H groups in total. The smallest absolute Gasteiger partial charge is 0.311 e. The number of anilines is 1. The minimum atomic E-state index is -0.603. The van der Waals surface area contributed by atoms with E-state index in [0.29, 0.717) is 0 Å². The molecule has 1 amide bonds. The Morgan fingerprint density at radius 1 is 1.23 bits per heavy atom. The summed E-state index contributed by atoms with van der Waals surface area (Å²) in [4.78, 5) is 25.9. The fourth-order valence-corrected chi connectivity index (χ4v) is 1.78. The lowest BCUT2D eigenvalue weighted by Crippen LogP contribution is -2.29. The maximum absolute atomic E-state index is 13.4. The van der Waals surface area contributed by atoms with E-state index >= 15 is 0 Å². The molecule has 7 nitrogen and oxygen atoms in total. The first-order chi connectivity index (χ1) is 10.6. The minimum absolute atomic E-state index is 0.0497. The van der Waals surface area contributed by atoms with Crippen LogP contribution in [0.1, 0.15) is 10.4 Å². The molecule has 0 atom stereocenters. The van der Waals surface area contributed by atoms with Crippen molar-refractivity contribution in [2.24, 2.45) is 0 Å². The first-order valence-corrected chi connectivity index (χ1v) is 6.45. The van der Waals surface area contributed by atoms with Crippen LogP contribution in [-0.2, 0) is 0 Å². The first-order valence-electron chi connectivity index (χ1n) is 6.45. The lowest BCUT2D eigenvalue weighted by atomic mass is 10.2. The van der Waals surface area contributed by atoms with Gasteiger partial charge in [0.2, 0.25) is 5.82 Å². The third-order valence-corrected chi connectivity index (χ3v) is 2.80. The third kappa shape index (κ3) is 3.75. The van der Waals surface area contributed by atoms with Gasteiger partial charge in [-0.2, -0.15) is 0 Å². The van der Waals surface area contributed by atoms with Crippen molar-refractivity contribution in [3.05, 3.63) is 64.1 Å². The van der Waals surface area contributed by atoms with Crippen LogP contribution < -0.4 is 10.6 Å². The number of halogens is 1. The van der Waals surface area contributed by atoms with Crippen LogP contribution in [0.5, 0.6) is 0 Å². The number of nitrogens with zero attached hydrogens (tertiary/aromatic N) is 2. The molecule has 1 aromatic heterocycles. The summed E-state index contributed by atoms with van der Waals surface area (Å²) in [7, 11) is 0. The number of aromatic nitrogens is 1. The van der Waals surface area contributed by atoms with Crippen molar-refractivity contribution in [1.82, 2.24) is 10.3 Å². The molecular formula is C14H13FN4O3. The SMILES string of the molecule is O=C(NCCNc1ncccc1[N+](=O)[O-])c1ccccc1F. The second kappa shape index (κ2) is 7.11. The lowest BCUT2D eigenvalue weighted by Gasteiger charge is -2.08. The van der Waals surface area contributed by atoms with Crippen molar-refractivity contribution in [2.75, 3.05) is 18.4 Å². The molecule has 22 heavy (non-hydrogen) atoms. The van der Waals surface area contributed by atoms with Crippen molar-refractivity contribution >= 4 is 17.4 Å². The standard InChI is InChI=1S/C14H13FN4O3/c15-11-5-2-1-4-10(11)14(20)18-9-8-17-13-12(19(21)22)6-3-7-16-13/h1-7H,8-9H2,(H,16,17)(H,18,20). The van der Waals surface area contributed by atoms with Gasteiger partial charge in [-0.25, -0.2) is 9.37 Å². The predicted octanol–water partition coefficient (Wildman–Crippen LogP) is 1.97. The number of carbonyl (C=O) groups is 1. The van der Waals surface area contributed by atoms with E-state index in [2.05, 4.69) is 15.6 Å². The van der Waals surface area contributed by atoms with Crippen LogP contribution in [0.15, 0.2) is 42.6 Å². The fraction of sp³-hybridized carbons (Fsp3) is 0.143. The highest BCUT2D eigenvalue weighted by Gasteiger charge is 2.14. The Morgan fingerprint density at radius 2 is 2.00 bits per heavy atom. The van der Waals surface area contributed by atoms with E-state index < -0.39 is 16.6 Å². The molecule has 0 radical (unpaired) electrons. The second-order valence-corrected chi connectivity index (χ2v) is 4.29. The maximum Gasteiger partial charge on any atom is 0.311 e. The summed E-state index contributed by atoms with van der Waals surface area (Å²) in [6, 6.07) is 8.42. The second-order valence-electron chi connectivity index (χ2n) is 4.29. The highest BCUT2D eigenvalue weighted by molar-refractivity contribution is 5.94. The number of rotatable bonds is 6. The van der Waals surface area contributed by atoms with Crippen molar-refractivity contribution in [3.63, 3.8) is 0 Å². The van der Waals surface area contributed by atoms with Crippen molar-refractivity contribution < 1.29 is 14.1 Å². The molecule has 0 saturated carbocycles. The van der Waals surface area contributed by atoms with Crippen LogP contribution in [0, 0.1) is 15.9 Å². The molecule has 1 aromatic carbocycles. The molecule has 0 aliphatic rings. The van der Waals surface area contributed by atoms with Gasteiger partial charge in [-0.1, -0.05) is 12.1 Å². The van der Waals surface area contributed by atoms with E-state index in [4.69, 9.17) is 0 Å². The zero-order valence-corrected chi connectivity index (χ0v) is 11.5. The maximum atomic E-state index is 13.4. The summed E-state index contributed by atoms with van der Waals surface area (Å²) in [5.74, 6) is -1.03. The summed E-state index contributed by atoms with van der Waals surface area (Å²) in [6.07, 6.45) is 1.42. The topological polar surface area (TPSA) is 97.2 Å². The van der Waals surface area contributed by atoms with Crippen molar-refractivity contribution in [3.8, 4) is 0 Å². The quantitative estimate of drug-likeness (QED) is 0.483. The zero-order valence-electron chi connectivity index (χ0n) is 11.5. The summed E-state index contributed by atoms with van der Waals surface area (Å²) < 4.78 is 13.4. The number of nitrogens with one attached hydrogen (secondary N) is 2. The van der Waals surface area contributed by atoms with E-state index in [1.807, 2.05) is 0 Å². The van der Waals surface area contributed by atoms with E-state index in [9.17, 15) is 19.3 Å². The molecule has 2 aromatic rings. The molecule has 0 saturated heterocycles. The summed E-state index contributed by atoms with van der Waals surface area (Å²) >= 11 is 0. The lowest BCUT2D eigenvalue weighted by molar-refractivity contribution is -0.384. The van der Waals surface area contributed by atoms with Gasteiger partial charge in [0.25, 0.3) is 5.91 Å². The normalized spacial score (nSPS) is 10.0. The summed E-state index contributed by atoms with van der Waals surface area (Å²) in [5, 5.41) is 16.1. The average molecular weight is 304 g/mol. The highest BCUT2D eigenvalue weighted by Crippen LogP contribution is 2.19. The Bertz CT molecular complexity index is 693. The van der Waals surface area contributed by atoms with Crippen molar-refractivity contribution in [2.45, 2.75) is 0 Å². The van der Waals surface area contributed by atoms with Crippen LogP contribution in [-0.4, -0.2) is 28.9 Å². The molecule has 0 bridgehead atoms. The number of nitro groups is 1. The Labute approximate surface area is 125 Å². The molecule has 2 rings (SSSR count). The van der Waals surface area contributed by atoms with Crippen molar-refractivity contribution in [1.29, 1.82) is 0 Å². The van der Waals surface area contributed by atoms with E-state index in [-0.39, 0.29) is 30.2 Å². The Balaban J connectivity index is 1.87. The van der Waals surface area contributed by atoms with Crippen LogP contribution >= 0.6 is 0 Å². The molecule has 0 fully saturated rings. The van der Waals surface area contributed by atoms with Gasteiger partial charge in [0, 0.05) is 25.4 Å². The van der Waals surface area contributed by atoms with Gasteiger partial charge in [0.05, 0.1) is 10.5 Å². The molecule has 0 spiro atoms. The number of pyridine rings is 1. The van der Waals surface area contributed by atoms with E-state index in [0.717, 1.165) is 0 Å². The zero-order chi connectivity index (χ0) is 15.9. The van der Waals surface area contributed by atoms with Gasteiger partial charge < -0.3 is 10.6 Å². The summed E-state index contributed by atoms with van der Waals surface area (Å²) in [5.41, 5.74) is -0.200. The fourth-order valence-electron chi connectivity index (χ4n) is 1.78. The van der Waals surface area contributed by atoms with Crippen LogP contribution in [0.25, 0.3) is 0 Å².